The van der Waals surface area contributed by atoms with E-state index in [1.807, 2.05) is 0 Å². The van der Waals surface area contributed by atoms with Crippen molar-refractivity contribution in [2.45, 2.75) is 19.3 Å². The first-order valence-electron chi connectivity index (χ1n) is 9.05. The summed E-state index contributed by atoms with van der Waals surface area (Å²) in [4.78, 5) is 40.0. The maximum absolute atomic E-state index is 13.1. The van der Waals surface area contributed by atoms with Crippen LogP contribution in [0.4, 0.5) is 20.8 Å². The van der Waals surface area contributed by atoms with Gasteiger partial charge >= 0.3 is 6.03 Å². The number of piperidine rings is 1. The van der Waals surface area contributed by atoms with Gasteiger partial charge in [0, 0.05) is 19.2 Å². The van der Waals surface area contributed by atoms with Crippen molar-refractivity contribution in [2.24, 2.45) is 0 Å². The fourth-order valence-electron chi connectivity index (χ4n) is 3.33. The zero-order valence-electron chi connectivity index (χ0n) is 15.0. The predicted molar refractivity (Wildman–Crippen MR) is 100 cm³/mol. The number of furan rings is 1. The van der Waals surface area contributed by atoms with Gasteiger partial charge in [-0.3, -0.25) is 14.9 Å². The number of nitrogens with zero attached hydrogens (tertiary/aromatic N) is 2. The fraction of sp³-hybridized carbons (Fsp3) is 0.250. The van der Waals surface area contributed by atoms with E-state index < -0.39 is 23.7 Å². The molecule has 1 aromatic heterocycles. The number of anilines is 2. The average Bonchev–Trinajstić information content (AvgIpc) is 3.16. The number of halogens is 1. The maximum Gasteiger partial charge on any atom is 0.335 e. The quantitative estimate of drug-likeness (QED) is 0.651. The van der Waals surface area contributed by atoms with Crippen molar-refractivity contribution in [3.8, 4) is 0 Å². The van der Waals surface area contributed by atoms with Gasteiger partial charge in [-0.15, -0.1) is 0 Å². The van der Waals surface area contributed by atoms with Gasteiger partial charge in [-0.05, 0) is 55.7 Å². The molecular weight excluding hydrogens is 365 g/mol. The van der Waals surface area contributed by atoms with Crippen molar-refractivity contribution >= 4 is 35.5 Å². The molecule has 2 saturated heterocycles. The minimum absolute atomic E-state index is 0.163. The molecule has 0 unspecified atom stereocenters. The minimum atomic E-state index is -0.882. The van der Waals surface area contributed by atoms with E-state index >= 15 is 0 Å². The molecule has 3 heterocycles. The summed E-state index contributed by atoms with van der Waals surface area (Å²) in [6.45, 7) is 1.80. The van der Waals surface area contributed by atoms with Gasteiger partial charge in [0.1, 0.15) is 17.2 Å². The van der Waals surface area contributed by atoms with Crippen LogP contribution in [0.25, 0.3) is 6.08 Å². The molecule has 1 N–H and O–H groups in total. The summed E-state index contributed by atoms with van der Waals surface area (Å²) in [5.74, 6) is -1.07. The highest BCUT2D eigenvalue weighted by molar-refractivity contribution is 6.39. The van der Waals surface area contributed by atoms with Gasteiger partial charge < -0.3 is 9.32 Å². The number of hydrogen-bond donors (Lipinski definition) is 1. The van der Waals surface area contributed by atoms with Crippen molar-refractivity contribution in [3.63, 3.8) is 0 Å². The highest BCUT2D eigenvalue weighted by atomic mass is 19.1. The number of rotatable bonds is 3. The maximum atomic E-state index is 13.1. The van der Waals surface area contributed by atoms with E-state index in [1.54, 1.807) is 12.1 Å². The van der Waals surface area contributed by atoms with Crippen molar-refractivity contribution in [3.05, 3.63) is 53.5 Å². The smallest absolute Gasteiger partial charge is 0.335 e. The molecule has 7 nitrogen and oxygen atoms in total. The van der Waals surface area contributed by atoms with E-state index in [2.05, 4.69) is 10.2 Å². The summed E-state index contributed by atoms with van der Waals surface area (Å²) < 4.78 is 18.9. The van der Waals surface area contributed by atoms with Gasteiger partial charge in [-0.1, -0.05) is 0 Å². The van der Waals surface area contributed by atoms with Crippen molar-refractivity contribution in [1.29, 1.82) is 0 Å². The Morgan fingerprint density at radius 1 is 0.964 bits per heavy atom. The first-order valence-corrected chi connectivity index (χ1v) is 9.05. The lowest BCUT2D eigenvalue weighted by atomic mass is 10.1. The van der Waals surface area contributed by atoms with Gasteiger partial charge in [0.2, 0.25) is 0 Å². The number of carbonyl (C=O) groups is 3. The molecule has 144 valence electrons. The average molecular weight is 383 g/mol. The summed E-state index contributed by atoms with van der Waals surface area (Å²) in [5, 5.41) is 2.13. The summed E-state index contributed by atoms with van der Waals surface area (Å²) in [6, 6.07) is 7.44. The Labute approximate surface area is 160 Å². The van der Waals surface area contributed by atoms with Gasteiger partial charge in [0.05, 0.1) is 5.69 Å². The molecule has 4 rings (SSSR count). The molecule has 0 aliphatic carbocycles. The molecule has 2 aliphatic heterocycles. The molecular formula is C20H18FN3O4. The number of urea groups is 1. The molecule has 0 bridgehead atoms. The third-order valence-corrected chi connectivity index (χ3v) is 4.75. The second-order valence-corrected chi connectivity index (χ2v) is 6.66. The summed E-state index contributed by atoms with van der Waals surface area (Å²) in [6.07, 6.45) is 4.68. The van der Waals surface area contributed by atoms with Crippen LogP contribution in [0.1, 0.15) is 25.0 Å². The summed E-state index contributed by atoms with van der Waals surface area (Å²) >= 11 is 0. The molecule has 2 fully saturated rings. The molecule has 8 heteroatoms. The number of hydrogen-bond acceptors (Lipinski definition) is 5. The predicted octanol–water partition coefficient (Wildman–Crippen LogP) is 3.08. The molecule has 28 heavy (non-hydrogen) atoms. The van der Waals surface area contributed by atoms with Crippen LogP contribution < -0.4 is 15.1 Å². The Morgan fingerprint density at radius 3 is 2.39 bits per heavy atom. The van der Waals surface area contributed by atoms with Crippen LogP contribution in [0.2, 0.25) is 0 Å². The molecule has 2 aliphatic rings. The van der Waals surface area contributed by atoms with Crippen LogP contribution in [-0.2, 0) is 9.59 Å². The van der Waals surface area contributed by atoms with Crippen LogP contribution in [-0.4, -0.2) is 30.9 Å². The van der Waals surface area contributed by atoms with E-state index in [4.69, 9.17) is 4.42 Å². The monoisotopic (exact) mass is 383 g/mol. The molecule has 1 aromatic carbocycles. The standard InChI is InChI=1S/C20H18FN3O4/c21-13-4-6-14(7-5-13)24-19(26)16(18(25)22-20(24)27)12-15-8-9-17(28-15)23-10-2-1-3-11-23/h4-9,12H,1-3,10-11H2,(H,22,25,27). The van der Waals surface area contributed by atoms with E-state index in [0.29, 0.717) is 11.6 Å². The number of barbiturate groups is 1. The Kier molecular flexibility index (Phi) is 4.68. The zero-order valence-corrected chi connectivity index (χ0v) is 15.0. The van der Waals surface area contributed by atoms with Crippen LogP contribution in [0.5, 0.6) is 0 Å². The zero-order chi connectivity index (χ0) is 19.7. The second kappa shape index (κ2) is 7.30. The molecule has 4 amide bonds. The first-order chi connectivity index (χ1) is 13.5. The topological polar surface area (TPSA) is 82.9 Å². The minimum Gasteiger partial charge on any atom is -0.441 e. The van der Waals surface area contributed by atoms with Crippen LogP contribution >= 0.6 is 0 Å². The lowest BCUT2D eigenvalue weighted by molar-refractivity contribution is -0.122. The molecule has 0 spiro atoms. The van der Waals surface area contributed by atoms with Crippen molar-refractivity contribution in [2.75, 3.05) is 22.9 Å². The Hall–Kier alpha value is -3.42. The van der Waals surface area contributed by atoms with Crippen molar-refractivity contribution in [1.82, 2.24) is 5.32 Å². The third kappa shape index (κ3) is 3.40. The lowest BCUT2D eigenvalue weighted by Crippen LogP contribution is -2.54. The molecule has 0 saturated carbocycles. The van der Waals surface area contributed by atoms with Gasteiger partial charge in [0.25, 0.3) is 11.8 Å². The normalized spacial score (nSPS) is 19.3. The number of amides is 4. The Balaban J connectivity index is 1.61. The Morgan fingerprint density at radius 2 is 1.68 bits per heavy atom. The molecule has 2 aromatic rings. The first kappa shape index (κ1) is 18.0. The van der Waals surface area contributed by atoms with E-state index in [0.717, 1.165) is 43.0 Å². The van der Waals surface area contributed by atoms with Crippen LogP contribution in [0.15, 0.2) is 46.4 Å². The number of benzene rings is 1. The highest BCUT2D eigenvalue weighted by Gasteiger charge is 2.37. The number of nitrogens with one attached hydrogen (secondary N) is 1. The number of imide groups is 2. The number of carbonyl (C=O) groups excluding carboxylic acids is 3. The Bertz CT molecular complexity index is 958. The second-order valence-electron chi connectivity index (χ2n) is 6.66. The third-order valence-electron chi connectivity index (χ3n) is 4.75. The van der Waals surface area contributed by atoms with Crippen LogP contribution in [0.3, 0.4) is 0 Å². The van der Waals surface area contributed by atoms with Crippen molar-refractivity contribution < 1.29 is 23.2 Å². The molecule has 0 atom stereocenters. The van der Waals surface area contributed by atoms with Gasteiger partial charge in [-0.25, -0.2) is 14.1 Å². The summed E-state index contributed by atoms with van der Waals surface area (Å²) in [7, 11) is 0. The van der Waals surface area contributed by atoms with E-state index in [9.17, 15) is 18.8 Å². The van der Waals surface area contributed by atoms with E-state index in [-0.39, 0.29) is 11.3 Å². The van der Waals surface area contributed by atoms with Gasteiger partial charge in [-0.2, -0.15) is 0 Å². The highest BCUT2D eigenvalue weighted by Crippen LogP contribution is 2.26. The SMILES string of the molecule is O=C1NC(=O)N(c2ccc(F)cc2)C(=O)C1=Cc1ccc(N2CCCCC2)o1. The largest absolute Gasteiger partial charge is 0.441 e. The van der Waals surface area contributed by atoms with Gasteiger partial charge in [0.15, 0.2) is 5.88 Å². The summed E-state index contributed by atoms with van der Waals surface area (Å²) in [5.41, 5.74) is -0.0702. The fourth-order valence-corrected chi connectivity index (χ4v) is 3.33. The lowest BCUT2D eigenvalue weighted by Gasteiger charge is -2.26. The van der Waals surface area contributed by atoms with E-state index in [1.165, 1.54) is 24.6 Å². The molecule has 0 radical (unpaired) electrons. The van der Waals surface area contributed by atoms with Crippen LogP contribution in [0, 0.1) is 5.82 Å².